The van der Waals surface area contributed by atoms with Crippen molar-refractivity contribution in [3.63, 3.8) is 0 Å². The van der Waals surface area contributed by atoms with Crippen molar-refractivity contribution in [1.82, 2.24) is 19.1 Å². The Bertz CT molecular complexity index is 3560. The van der Waals surface area contributed by atoms with Gasteiger partial charge in [-0.05, 0) is 94.0 Å². The van der Waals surface area contributed by atoms with E-state index in [1.54, 1.807) is 0 Å². The van der Waals surface area contributed by atoms with Crippen molar-refractivity contribution in [3.8, 4) is 45.1 Å². The zero-order valence-electron chi connectivity index (χ0n) is 31.4. The SMILES string of the molecule is c1ccc(-c2nc3cc4c5cc(-c6cccc(-c7nc8ccccc8n7-c7ccc8ccccc8c7)c6)ccc5n(-c5ccccc5)c4cc3c3ccccc23)cc1. The zero-order valence-corrected chi connectivity index (χ0v) is 31.4. The molecule has 4 heteroatoms. The second kappa shape index (κ2) is 12.9. The third kappa shape index (κ3) is 5.09. The molecule has 0 saturated carbocycles. The molecular formula is C54H34N4. The quantitative estimate of drug-likeness (QED) is 0.165. The lowest BCUT2D eigenvalue weighted by atomic mass is 9.98. The van der Waals surface area contributed by atoms with Crippen LogP contribution in [0.1, 0.15) is 0 Å². The van der Waals surface area contributed by atoms with E-state index in [4.69, 9.17) is 9.97 Å². The van der Waals surface area contributed by atoms with Crippen LogP contribution in [-0.4, -0.2) is 19.1 Å². The third-order valence-electron chi connectivity index (χ3n) is 11.7. The molecule has 270 valence electrons. The molecule has 0 amide bonds. The first-order valence-electron chi connectivity index (χ1n) is 19.7. The first kappa shape index (κ1) is 32.4. The Balaban J connectivity index is 1.07. The summed E-state index contributed by atoms with van der Waals surface area (Å²) < 4.78 is 4.69. The number of pyridine rings is 1. The van der Waals surface area contributed by atoms with Gasteiger partial charge in [0, 0.05) is 44.0 Å². The number of fused-ring (bicyclic) bond motifs is 8. The lowest BCUT2D eigenvalue weighted by Gasteiger charge is -2.12. The molecule has 9 aromatic carbocycles. The summed E-state index contributed by atoms with van der Waals surface area (Å²) in [6.07, 6.45) is 0. The summed E-state index contributed by atoms with van der Waals surface area (Å²) in [6, 6.07) is 73.8. The molecule has 0 saturated heterocycles. The Kier molecular flexibility index (Phi) is 7.20. The van der Waals surface area contributed by atoms with Gasteiger partial charge in [0.2, 0.25) is 0 Å². The number of hydrogen-bond acceptors (Lipinski definition) is 2. The fourth-order valence-corrected chi connectivity index (χ4v) is 8.95. The summed E-state index contributed by atoms with van der Waals surface area (Å²) in [7, 11) is 0. The molecule has 12 aromatic rings. The van der Waals surface area contributed by atoms with Crippen LogP contribution in [0.15, 0.2) is 206 Å². The summed E-state index contributed by atoms with van der Waals surface area (Å²) >= 11 is 0. The van der Waals surface area contributed by atoms with Crippen molar-refractivity contribution < 1.29 is 0 Å². The number of aromatic nitrogens is 4. The van der Waals surface area contributed by atoms with E-state index in [1.165, 1.54) is 26.9 Å². The molecule has 12 rings (SSSR count). The van der Waals surface area contributed by atoms with E-state index in [0.29, 0.717) is 0 Å². The highest BCUT2D eigenvalue weighted by Crippen LogP contribution is 2.41. The molecule has 0 N–H and O–H groups in total. The fraction of sp³-hybridized carbons (Fsp3) is 0. The van der Waals surface area contributed by atoms with Crippen LogP contribution in [0.4, 0.5) is 0 Å². The zero-order chi connectivity index (χ0) is 38.2. The fourth-order valence-electron chi connectivity index (χ4n) is 8.95. The maximum atomic E-state index is 5.39. The predicted octanol–water partition coefficient (Wildman–Crippen LogP) is 14.0. The van der Waals surface area contributed by atoms with E-state index in [2.05, 4.69) is 215 Å². The molecule has 4 nitrogen and oxygen atoms in total. The van der Waals surface area contributed by atoms with E-state index in [9.17, 15) is 0 Å². The van der Waals surface area contributed by atoms with Crippen LogP contribution in [-0.2, 0) is 0 Å². The minimum atomic E-state index is 0.916. The van der Waals surface area contributed by atoms with Crippen molar-refractivity contribution in [2.75, 3.05) is 0 Å². The molecule has 0 radical (unpaired) electrons. The molecule has 3 heterocycles. The van der Waals surface area contributed by atoms with Gasteiger partial charge in [-0.1, -0.05) is 140 Å². The van der Waals surface area contributed by atoms with Crippen molar-refractivity contribution >= 4 is 65.3 Å². The van der Waals surface area contributed by atoms with Gasteiger partial charge in [-0.2, -0.15) is 0 Å². The summed E-state index contributed by atoms with van der Waals surface area (Å²) in [5, 5.41) is 8.27. The van der Waals surface area contributed by atoms with Crippen LogP contribution in [0.2, 0.25) is 0 Å². The largest absolute Gasteiger partial charge is 0.309 e. The maximum absolute atomic E-state index is 5.39. The molecule has 0 aliphatic heterocycles. The highest BCUT2D eigenvalue weighted by Gasteiger charge is 2.19. The van der Waals surface area contributed by atoms with Crippen molar-refractivity contribution in [2.45, 2.75) is 0 Å². The third-order valence-corrected chi connectivity index (χ3v) is 11.7. The number of para-hydroxylation sites is 3. The summed E-state index contributed by atoms with van der Waals surface area (Å²) in [5.74, 6) is 0.916. The lowest BCUT2D eigenvalue weighted by molar-refractivity contribution is 1.11. The molecular weight excluding hydrogens is 705 g/mol. The lowest BCUT2D eigenvalue weighted by Crippen LogP contribution is -1.98. The molecule has 0 aliphatic carbocycles. The Hall–Kier alpha value is -7.82. The van der Waals surface area contributed by atoms with Gasteiger partial charge < -0.3 is 4.57 Å². The van der Waals surface area contributed by atoms with E-state index in [1.807, 2.05) is 0 Å². The average Bonchev–Trinajstić information content (AvgIpc) is 3.84. The molecule has 0 unspecified atom stereocenters. The van der Waals surface area contributed by atoms with Gasteiger partial charge in [-0.3, -0.25) is 4.57 Å². The molecule has 0 spiro atoms. The monoisotopic (exact) mass is 738 g/mol. The number of nitrogens with zero attached hydrogens (tertiary/aromatic N) is 4. The van der Waals surface area contributed by atoms with E-state index in [0.717, 1.165) is 83.5 Å². The minimum absolute atomic E-state index is 0.916. The topological polar surface area (TPSA) is 35.6 Å². The van der Waals surface area contributed by atoms with Crippen LogP contribution < -0.4 is 0 Å². The molecule has 58 heavy (non-hydrogen) atoms. The Morgan fingerprint density at radius 3 is 1.86 bits per heavy atom. The van der Waals surface area contributed by atoms with Gasteiger partial charge in [0.05, 0.1) is 33.3 Å². The second-order valence-corrected chi connectivity index (χ2v) is 15.0. The first-order chi connectivity index (χ1) is 28.7. The normalized spacial score (nSPS) is 11.8. The van der Waals surface area contributed by atoms with Crippen molar-refractivity contribution in [2.24, 2.45) is 0 Å². The van der Waals surface area contributed by atoms with E-state index < -0.39 is 0 Å². The van der Waals surface area contributed by atoms with Gasteiger partial charge >= 0.3 is 0 Å². The molecule has 0 atom stereocenters. The van der Waals surface area contributed by atoms with Gasteiger partial charge in [0.25, 0.3) is 0 Å². The highest BCUT2D eigenvalue weighted by molar-refractivity contribution is 6.19. The maximum Gasteiger partial charge on any atom is 0.145 e. The first-order valence-corrected chi connectivity index (χ1v) is 19.7. The molecule has 0 fully saturated rings. The van der Waals surface area contributed by atoms with E-state index in [-0.39, 0.29) is 0 Å². The molecule has 0 aliphatic rings. The number of hydrogen-bond donors (Lipinski definition) is 0. The standard InChI is InChI=1S/C54H34N4/c1-3-15-36(16-4-1)53-44-23-10-9-22-43(44)45-34-52-47(33-49(45)55-53)46-32-39(27-29-50(46)57(52)41-20-5-2-6-21-41)37-18-13-19-40(30-37)54-56-48-24-11-12-25-51(48)58(54)42-28-26-35-14-7-8-17-38(35)31-42/h1-34H. The summed E-state index contributed by atoms with van der Waals surface area (Å²) in [4.78, 5) is 10.6. The minimum Gasteiger partial charge on any atom is -0.309 e. The van der Waals surface area contributed by atoms with Gasteiger partial charge in [-0.15, -0.1) is 0 Å². The summed E-state index contributed by atoms with van der Waals surface area (Å²) in [5.41, 5.74) is 13.0. The van der Waals surface area contributed by atoms with Gasteiger partial charge in [0.15, 0.2) is 0 Å². The Morgan fingerprint density at radius 1 is 0.293 bits per heavy atom. The predicted molar refractivity (Wildman–Crippen MR) is 242 cm³/mol. The average molecular weight is 739 g/mol. The number of benzene rings is 9. The van der Waals surface area contributed by atoms with Crippen LogP contribution in [0.3, 0.4) is 0 Å². The van der Waals surface area contributed by atoms with Crippen LogP contribution in [0, 0.1) is 0 Å². The molecule has 0 bridgehead atoms. The number of imidazole rings is 1. The van der Waals surface area contributed by atoms with Gasteiger partial charge in [-0.25, -0.2) is 9.97 Å². The van der Waals surface area contributed by atoms with Crippen molar-refractivity contribution in [3.05, 3.63) is 206 Å². The number of rotatable bonds is 5. The van der Waals surface area contributed by atoms with Crippen LogP contribution in [0.5, 0.6) is 0 Å². The smallest absolute Gasteiger partial charge is 0.145 e. The highest BCUT2D eigenvalue weighted by atomic mass is 15.1. The van der Waals surface area contributed by atoms with Crippen molar-refractivity contribution in [1.29, 1.82) is 0 Å². The van der Waals surface area contributed by atoms with Crippen LogP contribution >= 0.6 is 0 Å². The Morgan fingerprint density at radius 2 is 0.983 bits per heavy atom. The van der Waals surface area contributed by atoms with E-state index >= 15 is 0 Å². The van der Waals surface area contributed by atoms with Gasteiger partial charge in [0.1, 0.15) is 5.82 Å². The second-order valence-electron chi connectivity index (χ2n) is 15.0. The molecule has 3 aromatic heterocycles. The summed E-state index contributed by atoms with van der Waals surface area (Å²) in [6.45, 7) is 0. The Labute approximate surface area is 334 Å². The van der Waals surface area contributed by atoms with Crippen LogP contribution in [0.25, 0.3) is 110 Å².